The number of esters is 1. The van der Waals surface area contributed by atoms with Crippen molar-refractivity contribution in [3.63, 3.8) is 0 Å². The Labute approximate surface area is 187 Å². The van der Waals surface area contributed by atoms with Crippen LogP contribution in [0, 0.1) is 0 Å². The lowest BCUT2D eigenvalue weighted by atomic mass is 10.1. The molecule has 0 aromatic heterocycles. The molecule has 2 aromatic rings. The van der Waals surface area contributed by atoms with E-state index in [-0.39, 0.29) is 31.3 Å². The largest absolute Gasteiger partial charge is 0.496 e. The van der Waals surface area contributed by atoms with Gasteiger partial charge in [0.25, 0.3) is 5.91 Å². The van der Waals surface area contributed by atoms with Crippen LogP contribution >= 0.6 is 0 Å². The smallest absolute Gasteiger partial charge is 0.306 e. The zero-order valence-corrected chi connectivity index (χ0v) is 18.3. The highest BCUT2D eigenvalue weighted by Crippen LogP contribution is 2.19. The van der Waals surface area contributed by atoms with E-state index in [9.17, 15) is 14.4 Å². The summed E-state index contributed by atoms with van der Waals surface area (Å²) in [6.07, 6.45) is 0.553. The van der Waals surface area contributed by atoms with E-state index in [0.29, 0.717) is 25.3 Å². The lowest BCUT2D eigenvalue weighted by Crippen LogP contribution is -2.31. The average molecular weight is 437 g/mol. The van der Waals surface area contributed by atoms with Gasteiger partial charge in [-0.05, 0) is 11.6 Å². The Hall–Kier alpha value is -3.68. The van der Waals surface area contributed by atoms with Crippen LogP contribution in [0.3, 0.4) is 0 Å². The maximum Gasteiger partial charge on any atom is 0.306 e. The minimum atomic E-state index is -0.594. The monoisotopic (exact) mass is 437 g/mol. The third-order valence-electron chi connectivity index (χ3n) is 5.12. The van der Waals surface area contributed by atoms with Gasteiger partial charge in [0, 0.05) is 32.0 Å². The summed E-state index contributed by atoms with van der Waals surface area (Å²) in [6, 6.07) is 17.1. The molecule has 2 amide bonds. The molecule has 0 saturated carbocycles. The van der Waals surface area contributed by atoms with Crippen molar-refractivity contribution in [3.8, 4) is 5.75 Å². The number of para-hydroxylation sites is 1. The number of hydrazone groups is 1. The summed E-state index contributed by atoms with van der Waals surface area (Å²) in [4.78, 5) is 38.1. The molecule has 0 N–H and O–H groups in total. The second-order valence-corrected chi connectivity index (χ2v) is 7.40. The van der Waals surface area contributed by atoms with Crippen LogP contribution in [0.2, 0.25) is 0 Å². The van der Waals surface area contributed by atoms with Gasteiger partial charge in [-0.15, -0.1) is 0 Å². The number of amides is 2. The van der Waals surface area contributed by atoms with Crippen molar-refractivity contribution in [2.45, 2.75) is 25.8 Å². The number of benzene rings is 2. The number of ether oxygens (including phenoxy) is 2. The van der Waals surface area contributed by atoms with Crippen molar-refractivity contribution in [1.82, 2.24) is 9.91 Å². The van der Waals surface area contributed by atoms with Crippen LogP contribution in [0.4, 0.5) is 0 Å². The SMILES string of the molecule is COc1ccccc1CN(C)C(=O)COC(=O)CCC(=O)N1CCC(c2ccccc2)=N1. The first kappa shape index (κ1) is 23.0. The number of likely N-dealkylation sites (N-methyl/N-ethyl adjacent to an activating group) is 1. The van der Waals surface area contributed by atoms with Gasteiger partial charge in [-0.2, -0.15) is 5.10 Å². The molecule has 0 bridgehead atoms. The van der Waals surface area contributed by atoms with Gasteiger partial charge >= 0.3 is 5.97 Å². The Bertz CT molecular complexity index is 990. The topological polar surface area (TPSA) is 88.5 Å². The van der Waals surface area contributed by atoms with E-state index in [1.807, 2.05) is 54.6 Å². The summed E-state index contributed by atoms with van der Waals surface area (Å²) < 4.78 is 10.3. The first-order chi connectivity index (χ1) is 15.5. The number of carbonyl (C=O) groups excluding carboxylic acids is 3. The Balaban J connectivity index is 1.40. The molecule has 1 aliphatic rings. The first-order valence-corrected chi connectivity index (χ1v) is 10.4. The molecule has 8 nitrogen and oxygen atoms in total. The van der Waals surface area contributed by atoms with Gasteiger partial charge in [0.05, 0.1) is 25.8 Å². The van der Waals surface area contributed by atoms with E-state index in [0.717, 1.165) is 16.8 Å². The van der Waals surface area contributed by atoms with E-state index in [1.165, 1.54) is 9.91 Å². The van der Waals surface area contributed by atoms with E-state index in [1.54, 1.807) is 14.2 Å². The van der Waals surface area contributed by atoms with Crippen LogP contribution in [0.5, 0.6) is 5.75 Å². The molecule has 1 heterocycles. The molecule has 1 aliphatic heterocycles. The number of carbonyl (C=O) groups is 3. The number of methoxy groups -OCH3 is 1. The van der Waals surface area contributed by atoms with Crippen LogP contribution in [0.15, 0.2) is 59.7 Å². The molecule has 0 atom stereocenters. The van der Waals surface area contributed by atoms with Gasteiger partial charge in [-0.3, -0.25) is 14.4 Å². The van der Waals surface area contributed by atoms with E-state index < -0.39 is 5.97 Å². The molecule has 168 valence electrons. The fourth-order valence-electron chi connectivity index (χ4n) is 3.31. The van der Waals surface area contributed by atoms with Crippen molar-refractivity contribution in [1.29, 1.82) is 0 Å². The second-order valence-electron chi connectivity index (χ2n) is 7.40. The molecule has 3 rings (SSSR count). The van der Waals surface area contributed by atoms with Crippen molar-refractivity contribution < 1.29 is 23.9 Å². The summed E-state index contributed by atoms with van der Waals surface area (Å²) in [5.41, 5.74) is 2.69. The maximum absolute atomic E-state index is 12.4. The predicted octanol–water partition coefficient (Wildman–Crippen LogP) is 2.61. The van der Waals surface area contributed by atoms with Crippen molar-refractivity contribution in [3.05, 3.63) is 65.7 Å². The fraction of sp³-hybridized carbons (Fsp3) is 0.333. The molecule has 0 aliphatic carbocycles. The summed E-state index contributed by atoms with van der Waals surface area (Å²) >= 11 is 0. The summed E-state index contributed by atoms with van der Waals surface area (Å²) in [7, 11) is 3.20. The molecular weight excluding hydrogens is 410 g/mol. The standard InChI is InChI=1S/C24H27N3O5/c1-26(16-19-10-6-7-11-21(19)31-2)23(29)17-32-24(30)13-12-22(28)27-15-14-20(25-27)18-8-4-3-5-9-18/h3-11H,12-17H2,1-2H3. The average Bonchev–Trinajstić information content (AvgIpc) is 3.32. The Kier molecular flexibility index (Phi) is 7.96. The van der Waals surface area contributed by atoms with E-state index in [4.69, 9.17) is 9.47 Å². The lowest BCUT2D eigenvalue weighted by molar-refractivity contribution is -0.152. The molecule has 0 saturated heterocycles. The number of nitrogens with zero attached hydrogens (tertiary/aromatic N) is 3. The van der Waals surface area contributed by atoms with Crippen molar-refractivity contribution in [2.24, 2.45) is 5.10 Å². The van der Waals surface area contributed by atoms with E-state index >= 15 is 0 Å². The molecule has 2 aromatic carbocycles. The Morgan fingerprint density at radius 1 is 1.03 bits per heavy atom. The highest BCUT2D eigenvalue weighted by atomic mass is 16.5. The normalized spacial score (nSPS) is 12.8. The van der Waals surface area contributed by atoms with Gasteiger partial charge < -0.3 is 14.4 Å². The third kappa shape index (κ3) is 6.16. The predicted molar refractivity (Wildman–Crippen MR) is 119 cm³/mol. The van der Waals surface area contributed by atoms with Gasteiger partial charge in [-0.1, -0.05) is 48.5 Å². The summed E-state index contributed by atoms with van der Waals surface area (Å²) in [5.74, 6) is -0.494. The lowest BCUT2D eigenvalue weighted by Gasteiger charge is -2.18. The van der Waals surface area contributed by atoms with Gasteiger partial charge in [0.1, 0.15) is 5.75 Å². The zero-order valence-electron chi connectivity index (χ0n) is 18.3. The van der Waals surface area contributed by atoms with Gasteiger partial charge in [-0.25, -0.2) is 5.01 Å². The quantitative estimate of drug-likeness (QED) is 0.563. The molecule has 8 heteroatoms. The molecule has 0 unspecified atom stereocenters. The molecule has 32 heavy (non-hydrogen) atoms. The molecule has 0 spiro atoms. The number of rotatable bonds is 9. The minimum Gasteiger partial charge on any atom is -0.496 e. The zero-order chi connectivity index (χ0) is 22.9. The molecule has 0 radical (unpaired) electrons. The molecule has 0 fully saturated rings. The number of hydrogen-bond donors (Lipinski definition) is 0. The van der Waals surface area contributed by atoms with Gasteiger partial charge in [0.2, 0.25) is 5.91 Å². The van der Waals surface area contributed by atoms with Crippen LogP contribution in [0.25, 0.3) is 0 Å². The van der Waals surface area contributed by atoms with Gasteiger partial charge in [0.15, 0.2) is 6.61 Å². The Morgan fingerprint density at radius 3 is 2.50 bits per heavy atom. The number of hydrogen-bond acceptors (Lipinski definition) is 6. The van der Waals surface area contributed by atoms with Crippen LogP contribution in [-0.4, -0.2) is 60.7 Å². The Morgan fingerprint density at radius 2 is 1.75 bits per heavy atom. The first-order valence-electron chi connectivity index (χ1n) is 10.4. The summed E-state index contributed by atoms with van der Waals surface area (Å²) in [5, 5.41) is 5.76. The third-order valence-corrected chi connectivity index (χ3v) is 5.12. The highest BCUT2D eigenvalue weighted by Gasteiger charge is 2.22. The fourth-order valence-corrected chi connectivity index (χ4v) is 3.31. The maximum atomic E-state index is 12.4. The van der Waals surface area contributed by atoms with Crippen LogP contribution in [-0.2, 0) is 25.7 Å². The van der Waals surface area contributed by atoms with Crippen LogP contribution < -0.4 is 4.74 Å². The van der Waals surface area contributed by atoms with Crippen molar-refractivity contribution >= 4 is 23.5 Å². The minimum absolute atomic E-state index is 0.0182. The van der Waals surface area contributed by atoms with E-state index in [2.05, 4.69) is 5.10 Å². The van der Waals surface area contributed by atoms with Crippen molar-refractivity contribution in [2.75, 3.05) is 27.3 Å². The highest BCUT2D eigenvalue weighted by molar-refractivity contribution is 6.02. The summed E-state index contributed by atoms with van der Waals surface area (Å²) in [6.45, 7) is 0.443. The van der Waals surface area contributed by atoms with Crippen LogP contribution in [0.1, 0.15) is 30.4 Å². The second kappa shape index (κ2) is 11.1. The molecular formula is C24H27N3O5.